The van der Waals surface area contributed by atoms with Crippen LogP contribution in [0.15, 0.2) is 18.2 Å². The van der Waals surface area contributed by atoms with Crippen LogP contribution in [0.5, 0.6) is 5.75 Å². The molecule has 0 bridgehead atoms. The molecule has 1 aromatic rings. The number of rotatable bonds is 7. The van der Waals surface area contributed by atoms with Gasteiger partial charge in [0, 0.05) is 0 Å². The quantitative estimate of drug-likeness (QED) is 0.492. The van der Waals surface area contributed by atoms with E-state index < -0.39 is 32.8 Å². The fraction of sp³-hybridized carbons (Fsp3) is 0.667. The Morgan fingerprint density at radius 3 is 1.90 bits per heavy atom. The van der Waals surface area contributed by atoms with Crippen LogP contribution in [-0.4, -0.2) is 31.3 Å². The molecule has 0 saturated carbocycles. The normalized spacial score (nSPS) is 14.7. The van der Waals surface area contributed by atoms with E-state index in [0.29, 0.717) is 17.0 Å². The van der Waals surface area contributed by atoms with Crippen LogP contribution in [0.3, 0.4) is 0 Å². The molecule has 1 N–H and O–H groups in total. The number of nitriles is 1. The number of nitrogens with zero attached hydrogens (tertiary/aromatic N) is 1. The molecule has 0 aliphatic heterocycles. The van der Waals surface area contributed by atoms with Crippen LogP contribution < -0.4 is 9.15 Å². The SMILES string of the molecule is CC(C)(C)[Si](C)(C)Oc1ccc(C(C#N)O[Si](C)(C)C(C)(C)C)cc1NS(C)(=O)=O. The first-order chi connectivity index (χ1) is 13.2. The summed E-state index contributed by atoms with van der Waals surface area (Å²) in [6.07, 6.45) is 0.317. The van der Waals surface area contributed by atoms with Gasteiger partial charge >= 0.3 is 0 Å². The van der Waals surface area contributed by atoms with Crippen LogP contribution in [0.25, 0.3) is 0 Å². The monoisotopic (exact) mass is 470 g/mol. The molecule has 6 nitrogen and oxygen atoms in total. The number of sulfonamides is 1. The first-order valence-corrected chi connectivity index (χ1v) is 17.8. The molecule has 0 heterocycles. The second kappa shape index (κ2) is 8.65. The Morgan fingerprint density at radius 1 is 1.00 bits per heavy atom. The van der Waals surface area contributed by atoms with E-state index in [1.54, 1.807) is 18.2 Å². The fourth-order valence-electron chi connectivity index (χ4n) is 2.15. The summed E-state index contributed by atoms with van der Waals surface area (Å²) >= 11 is 0. The Balaban J connectivity index is 3.44. The molecule has 0 fully saturated rings. The summed E-state index contributed by atoms with van der Waals surface area (Å²) in [7, 11) is -7.92. The van der Waals surface area contributed by atoms with Gasteiger partial charge in [-0.3, -0.25) is 4.72 Å². The van der Waals surface area contributed by atoms with Gasteiger partial charge in [-0.05, 0) is 54.0 Å². The molecule has 0 aliphatic carbocycles. The molecule has 0 radical (unpaired) electrons. The molecule has 0 aromatic heterocycles. The van der Waals surface area contributed by atoms with E-state index in [2.05, 4.69) is 78.5 Å². The van der Waals surface area contributed by atoms with E-state index in [-0.39, 0.29) is 10.1 Å². The van der Waals surface area contributed by atoms with Crippen molar-refractivity contribution in [2.24, 2.45) is 0 Å². The minimum atomic E-state index is -3.53. The van der Waals surface area contributed by atoms with E-state index in [1.807, 2.05) is 0 Å². The van der Waals surface area contributed by atoms with Gasteiger partial charge in [0.25, 0.3) is 8.32 Å². The molecule has 1 unspecified atom stereocenters. The van der Waals surface area contributed by atoms with Gasteiger partial charge in [-0.2, -0.15) is 5.26 Å². The number of benzene rings is 1. The Kier molecular flexibility index (Phi) is 7.70. The van der Waals surface area contributed by atoms with E-state index in [4.69, 9.17) is 8.85 Å². The van der Waals surface area contributed by atoms with Gasteiger partial charge in [-0.25, -0.2) is 8.42 Å². The van der Waals surface area contributed by atoms with Crippen LogP contribution in [0.1, 0.15) is 53.2 Å². The predicted octanol–water partition coefficient (Wildman–Crippen LogP) is 6.03. The Hall–Kier alpha value is -1.35. The molecule has 1 aromatic carbocycles. The number of anilines is 1. The molecule has 1 rings (SSSR count). The zero-order chi connectivity index (χ0) is 23.8. The zero-order valence-electron chi connectivity index (χ0n) is 20.3. The fourth-order valence-corrected chi connectivity index (χ4v) is 4.87. The van der Waals surface area contributed by atoms with Crippen molar-refractivity contribution >= 4 is 32.3 Å². The highest BCUT2D eigenvalue weighted by Gasteiger charge is 2.41. The van der Waals surface area contributed by atoms with Crippen molar-refractivity contribution in [2.45, 2.75) is 83.9 Å². The largest absolute Gasteiger partial charge is 0.542 e. The zero-order valence-corrected chi connectivity index (χ0v) is 23.1. The average Bonchev–Trinajstić information content (AvgIpc) is 2.50. The third-order valence-electron chi connectivity index (χ3n) is 6.11. The van der Waals surface area contributed by atoms with Crippen molar-refractivity contribution in [3.8, 4) is 11.8 Å². The molecule has 0 aliphatic rings. The van der Waals surface area contributed by atoms with Crippen molar-refractivity contribution in [3.63, 3.8) is 0 Å². The molecule has 0 spiro atoms. The third kappa shape index (κ3) is 6.84. The second-order valence-electron chi connectivity index (χ2n) is 10.9. The van der Waals surface area contributed by atoms with Crippen molar-refractivity contribution in [3.05, 3.63) is 23.8 Å². The first kappa shape index (κ1) is 26.7. The van der Waals surface area contributed by atoms with Crippen molar-refractivity contribution in [1.82, 2.24) is 0 Å². The van der Waals surface area contributed by atoms with Gasteiger partial charge in [-0.1, -0.05) is 47.6 Å². The van der Waals surface area contributed by atoms with E-state index in [1.165, 1.54) is 0 Å². The summed E-state index contributed by atoms with van der Waals surface area (Å²) in [4.78, 5) is 0. The van der Waals surface area contributed by atoms with Crippen molar-refractivity contribution < 1.29 is 17.3 Å². The summed E-state index contributed by atoms with van der Waals surface area (Å²) in [5, 5.41) is 9.68. The van der Waals surface area contributed by atoms with E-state index in [0.717, 1.165) is 6.26 Å². The van der Waals surface area contributed by atoms with E-state index in [9.17, 15) is 13.7 Å². The Labute approximate surface area is 185 Å². The molecule has 170 valence electrons. The minimum Gasteiger partial charge on any atom is -0.542 e. The minimum absolute atomic E-state index is 0.0470. The smallest absolute Gasteiger partial charge is 0.250 e. The highest BCUT2D eigenvalue weighted by atomic mass is 32.2. The highest BCUT2D eigenvalue weighted by molar-refractivity contribution is 7.92. The Bertz CT molecular complexity index is 908. The van der Waals surface area contributed by atoms with Crippen molar-refractivity contribution in [2.75, 3.05) is 11.0 Å². The lowest BCUT2D eigenvalue weighted by molar-refractivity contribution is 0.236. The lowest BCUT2D eigenvalue weighted by Gasteiger charge is -2.38. The predicted molar refractivity (Wildman–Crippen MR) is 129 cm³/mol. The van der Waals surface area contributed by atoms with Gasteiger partial charge in [0.2, 0.25) is 10.0 Å². The average molecular weight is 471 g/mol. The maximum absolute atomic E-state index is 12.0. The molecule has 0 amide bonds. The molecule has 9 heteroatoms. The van der Waals surface area contributed by atoms with Crippen LogP contribution in [-0.2, 0) is 14.4 Å². The molecular weight excluding hydrogens is 432 g/mol. The summed E-state index contributed by atoms with van der Waals surface area (Å²) in [5.74, 6) is 0.472. The summed E-state index contributed by atoms with van der Waals surface area (Å²) in [6.45, 7) is 21.1. The summed E-state index contributed by atoms with van der Waals surface area (Å²) in [5.41, 5.74) is 0.940. The highest BCUT2D eigenvalue weighted by Crippen LogP contribution is 2.42. The summed E-state index contributed by atoms with van der Waals surface area (Å²) in [6, 6.07) is 7.42. The van der Waals surface area contributed by atoms with Crippen LogP contribution in [0, 0.1) is 11.3 Å². The van der Waals surface area contributed by atoms with Crippen LogP contribution >= 0.6 is 0 Å². The Morgan fingerprint density at radius 2 is 1.50 bits per heavy atom. The standard InChI is InChI=1S/C21H38N2O4SSi2/c1-20(2,3)29(8,9)26-18-13-12-16(14-17(18)23-28(7,24)25)19(15-22)27-30(10,11)21(4,5)6/h12-14,19,23H,1-11H3. The number of hydrogen-bond acceptors (Lipinski definition) is 5. The van der Waals surface area contributed by atoms with Gasteiger partial charge < -0.3 is 8.85 Å². The van der Waals surface area contributed by atoms with Gasteiger partial charge in [-0.15, -0.1) is 0 Å². The van der Waals surface area contributed by atoms with E-state index >= 15 is 0 Å². The summed E-state index contributed by atoms with van der Waals surface area (Å²) < 4.78 is 39.2. The molecule has 0 saturated heterocycles. The third-order valence-corrected chi connectivity index (χ3v) is 15.5. The van der Waals surface area contributed by atoms with Gasteiger partial charge in [0.1, 0.15) is 5.75 Å². The topological polar surface area (TPSA) is 88.4 Å². The maximum Gasteiger partial charge on any atom is 0.250 e. The lowest BCUT2D eigenvalue weighted by Crippen LogP contribution is -2.44. The lowest BCUT2D eigenvalue weighted by atomic mass is 10.1. The number of hydrogen-bond donors (Lipinski definition) is 1. The van der Waals surface area contributed by atoms with Crippen molar-refractivity contribution in [1.29, 1.82) is 5.26 Å². The number of nitrogens with one attached hydrogen (secondary N) is 1. The van der Waals surface area contributed by atoms with Crippen LogP contribution in [0.2, 0.25) is 36.3 Å². The van der Waals surface area contributed by atoms with Crippen LogP contribution in [0.4, 0.5) is 5.69 Å². The molecule has 30 heavy (non-hydrogen) atoms. The maximum atomic E-state index is 12.0. The molecular formula is C21H38N2O4SSi2. The molecule has 1 atom stereocenters. The first-order valence-electron chi connectivity index (χ1n) is 10.1. The van der Waals surface area contributed by atoms with Gasteiger partial charge in [0.15, 0.2) is 14.4 Å². The van der Waals surface area contributed by atoms with Gasteiger partial charge in [0.05, 0.1) is 18.0 Å². The second-order valence-corrected chi connectivity index (χ2v) is 22.1.